The smallest absolute Gasteiger partial charge is 0.310 e. The van der Waals surface area contributed by atoms with Crippen LogP contribution in [0.15, 0.2) is 42.5 Å². The summed E-state index contributed by atoms with van der Waals surface area (Å²) in [4.78, 5) is 29.5. The van der Waals surface area contributed by atoms with Gasteiger partial charge in [-0.25, -0.2) is 0 Å². The van der Waals surface area contributed by atoms with Gasteiger partial charge in [0.25, 0.3) is 0 Å². The van der Waals surface area contributed by atoms with Gasteiger partial charge in [-0.05, 0) is 87.4 Å². The molecule has 1 heterocycles. The molecule has 8 heteroatoms. The molecule has 0 spiro atoms. The molecule has 2 aliphatic rings. The molecular weight excluding hydrogens is 514 g/mol. The van der Waals surface area contributed by atoms with E-state index >= 15 is 0 Å². The summed E-state index contributed by atoms with van der Waals surface area (Å²) in [7, 11) is 1.90. The number of hydrogen-bond donors (Lipinski definition) is 1. The number of ether oxygens (including phenoxy) is 2. The Hall–Kier alpha value is -2.61. The van der Waals surface area contributed by atoms with Crippen molar-refractivity contribution in [3.63, 3.8) is 0 Å². The monoisotopic (exact) mass is 557 g/mol. The molecule has 0 unspecified atom stereocenters. The highest BCUT2D eigenvalue weighted by Crippen LogP contribution is 2.31. The number of anilines is 1. The molecule has 1 amide bonds. The Morgan fingerprint density at radius 3 is 2.56 bits per heavy atom. The van der Waals surface area contributed by atoms with Crippen LogP contribution in [0.5, 0.6) is 5.75 Å². The molecule has 1 aliphatic carbocycles. The second-order valence-corrected chi connectivity index (χ2v) is 10.8. The molecule has 1 saturated heterocycles. The molecule has 2 aromatic rings. The van der Waals surface area contributed by atoms with Crippen molar-refractivity contribution in [3.8, 4) is 5.75 Å². The normalized spacial score (nSPS) is 21.5. The van der Waals surface area contributed by atoms with E-state index in [4.69, 9.17) is 9.47 Å². The minimum atomic E-state index is -0.230. The SMILES string of the molecule is CCOC(=O)Cc1cccc(OC2CCC(C(=O)N(C)c3ccc(CN4CCN[C@@H](C)C4)c(C)c3)CC2)c1.Cl. The van der Waals surface area contributed by atoms with Crippen molar-refractivity contribution in [3.05, 3.63) is 59.2 Å². The van der Waals surface area contributed by atoms with Crippen LogP contribution in [0.25, 0.3) is 0 Å². The van der Waals surface area contributed by atoms with Gasteiger partial charge in [0.15, 0.2) is 0 Å². The highest BCUT2D eigenvalue weighted by atomic mass is 35.5. The Morgan fingerprint density at radius 1 is 1.10 bits per heavy atom. The maximum Gasteiger partial charge on any atom is 0.310 e. The van der Waals surface area contributed by atoms with Gasteiger partial charge in [-0.1, -0.05) is 18.2 Å². The molecule has 4 rings (SSSR count). The van der Waals surface area contributed by atoms with E-state index in [1.807, 2.05) is 43.1 Å². The molecule has 2 fully saturated rings. The van der Waals surface area contributed by atoms with Gasteiger partial charge in [0.1, 0.15) is 5.75 Å². The van der Waals surface area contributed by atoms with Crippen molar-refractivity contribution in [2.75, 3.05) is 38.2 Å². The van der Waals surface area contributed by atoms with E-state index in [9.17, 15) is 9.59 Å². The third kappa shape index (κ3) is 8.69. The predicted molar refractivity (Wildman–Crippen MR) is 158 cm³/mol. The molecule has 7 nitrogen and oxygen atoms in total. The quantitative estimate of drug-likeness (QED) is 0.441. The van der Waals surface area contributed by atoms with Gasteiger partial charge in [0.05, 0.1) is 19.1 Å². The van der Waals surface area contributed by atoms with Gasteiger partial charge >= 0.3 is 5.97 Å². The van der Waals surface area contributed by atoms with Crippen molar-refractivity contribution in [1.82, 2.24) is 10.2 Å². The van der Waals surface area contributed by atoms with Gasteiger partial charge < -0.3 is 19.7 Å². The van der Waals surface area contributed by atoms with Crippen LogP contribution in [0.3, 0.4) is 0 Å². The van der Waals surface area contributed by atoms with E-state index in [1.165, 1.54) is 11.1 Å². The standard InChI is InChI=1S/C31H43N3O4.ClH/c1-5-37-30(35)19-24-7-6-8-29(18-24)38-28-13-10-25(11-14-28)31(36)33(4)27-12-9-26(22(2)17-27)21-34-16-15-32-23(3)20-34;/h6-9,12,17-18,23,25,28,32H,5,10-11,13-16,19-21H2,1-4H3;1H/t23-,25?,28?;/m0./s1. The topological polar surface area (TPSA) is 71.1 Å². The summed E-state index contributed by atoms with van der Waals surface area (Å²) in [5, 5.41) is 3.50. The van der Waals surface area contributed by atoms with Gasteiger partial charge in [-0.15, -0.1) is 12.4 Å². The first-order chi connectivity index (χ1) is 18.3. The largest absolute Gasteiger partial charge is 0.490 e. The minimum Gasteiger partial charge on any atom is -0.490 e. The van der Waals surface area contributed by atoms with E-state index in [-0.39, 0.29) is 42.7 Å². The van der Waals surface area contributed by atoms with E-state index < -0.39 is 0 Å². The lowest BCUT2D eigenvalue weighted by molar-refractivity contribution is -0.142. The lowest BCUT2D eigenvalue weighted by atomic mass is 9.86. The average molecular weight is 558 g/mol. The highest BCUT2D eigenvalue weighted by Gasteiger charge is 2.30. The molecule has 0 bridgehead atoms. The number of benzene rings is 2. The van der Waals surface area contributed by atoms with Crippen LogP contribution in [0.2, 0.25) is 0 Å². The maximum absolute atomic E-state index is 13.3. The fourth-order valence-electron chi connectivity index (χ4n) is 5.59. The zero-order valence-electron chi connectivity index (χ0n) is 23.8. The number of esters is 1. The molecule has 0 aromatic heterocycles. The van der Waals surface area contributed by atoms with Crippen molar-refractivity contribution in [2.24, 2.45) is 5.92 Å². The zero-order chi connectivity index (χ0) is 27.1. The fourth-order valence-corrected chi connectivity index (χ4v) is 5.59. The fraction of sp³-hybridized carbons (Fsp3) is 0.548. The first-order valence-electron chi connectivity index (χ1n) is 14.1. The van der Waals surface area contributed by atoms with Crippen molar-refractivity contribution in [1.29, 1.82) is 0 Å². The highest BCUT2D eigenvalue weighted by molar-refractivity contribution is 5.94. The molecule has 1 saturated carbocycles. The number of amides is 1. The van der Waals surface area contributed by atoms with E-state index in [2.05, 4.69) is 42.3 Å². The molecule has 1 N–H and O–H groups in total. The lowest BCUT2D eigenvalue weighted by Gasteiger charge is -2.32. The van der Waals surface area contributed by atoms with Crippen LogP contribution in [0.4, 0.5) is 5.69 Å². The second kappa shape index (κ2) is 14.7. The average Bonchev–Trinajstić information content (AvgIpc) is 2.90. The molecule has 0 radical (unpaired) electrons. The third-order valence-electron chi connectivity index (χ3n) is 7.77. The number of carbonyl (C=O) groups excluding carboxylic acids is 2. The molecule has 214 valence electrons. The number of carbonyl (C=O) groups is 2. The summed E-state index contributed by atoms with van der Waals surface area (Å²) in [5.74, 6) is 0.733. The molecule has 2 aromatic carbocycles. The maximum atomic E-state index is 13.3. The van der Waals surface area contributed by atoms with Crippen molar-refractivity contribution in [2.45, 2.75) is 71.6 Å². The molecular formula is C31H44ClN3O4. The summed E-state index contributed by atoms with van der Waals surface area (Å²) < 4.78 is 11.3. The van der Waals surface area contributed by atoms with Crippen LogP contribution in [0.1, 0.15) is 56.2 Å². The van der Waals surface area contributed by atoms with Crippen LogP contribution < -0.4 is 15.0 Å². The predicted octanol–water partition coefficient (Wildman–Crippen LogP) is 4.92. The third-order valence-corrected chi connectivity index (χ3v) is 7.77. The molecule has 1 aliphatic heterocycles. The number of piperazine rings is 1. The first kappa shape index (κ1) is 30.9. The second-order valence-electron chi connectivity index (χ2n) is 10.8. The van der Waals surface area contributed by atoms with Crippen molar-refractivity contribution < 1.29 is 19.1 Å². The number of aryl methyl sites for hydroxylation is 1. The van der Waals surface area contributed by atoms with E-state index in [0.717, 1.165) is 68.9 Å². The van der Waals surface area contributed by atoms with Crippen molar-refractivity contribution >= 4 is 30.0 Å². The van der Waals surface area contributed by atoms with E-state index in [1.54, 1.807) is 0 Å². The number of hydrogen-bond acceptors (Lipinski definition) is 6. The minimum absolute atomic E-state index is 0. The van der Waals surface area contributed by atoms with Gasteiger partial charge in [0.2, 0.25) is 5.91 Å². The number of nitrogens with one attached hydrogen (secondary N) is 1. The Labute approximate surface area is 239 Å². The summed E-state index contributed by atoms with van der Waals surface area (Å²) in [6, 6.07) is 14.6. The van der Waals surface area contributed by atoms with Gasteiger partial charge in [-0.2, -0.15) is 0 Å². The zero-order valence-corrected chi connectivity index (χ0v) is 24.6. The Bertz CT molecular complexity index is 1100. The first-order valence-corrected chi connectivity index (χ1v) is 14.1. The summed E-state index contributed by atoms with van der Waals surface area (Å²) in [6.07, 6.45) is 3.63. The van der Waals surface area contributed by atoms with E-state index in [0.29, 0.717) is 12.6 Å². The summed E-state index contributed by atoms with van der Waals surface area (Å²) >= 11 is 0. The Kier molecular flexibility index (Phi) is 11.6. The van der Waals surface area contributed by atoms with Gasteiger partial charge in [0, 0.05) is 50.9 Å². The van der Waals surface area contributed by atoms with Gasteiger partial charge in [-0.3, -0.25) is 14.5 Å². The Balaban J connectivity index is 0.00000420. The van der Waals surface area contributed by atoms with Crippen LogP contribution >= 0.6 is 12.4 Å². The molecule has 1 atom stereocenters. The van der Waals surface area contributed by atoms with Crippen LogP contribution in [0, 0.1) is 12.8 Å². The Morgan fingerprint density at radius 2 is 1.87 bits per heavy atom. The lowest BCUT2D eigenvalue weighted by Crippen LogP contribution is -2.48. The number of halogens is 1. The van der Waals surface area contributed by atoms with Crippen LogP contribution in [-0.2, 0) is 27.3 Å². The van der Waals surface area contributed by atoms with Crippen LogP contribution in [-0.4, -0.2) is 62.2 Å². The molecule has 39 heavy (non-hydrogen) atoms. The summed E-state index contributed by atoms with van der Waals surface area (Å²) in [5.41, 5.74) is 4.40. The number of rotatable bonds is 9. The summed E-state index contributed by atoms with van der Waals surface area (Å²) in [6.45, 7) is 10.7. The number of nitrogens with zero attached hydrogens (tertiary/aromatic N) is 2.